The number of hydrogen-bond donors (Lipinski definition) is 2. The second-order valence-electron chi connectivity index (χ2n) is 7.96. The number of hydrogen-bond acceptors (Lipinski definition) is 8. The number of rotatable bonds is 10. The molecule has 4 rings (SSSR count). The smallest absolute Gasteiger partial charge is 0.356 e. The Bertz CT molecular complexity index is 1330. The van der Waals surface area contributed by atoms with Crippen molar-refractivity contribution >= 4 is 33.7 Å². The minimum Gasteiger partial charge on any atom is -0.497 e. The molecule has 0 unspecified atom stereocenters. The first-order chi connectivity index (χ1) is 17.5. The van der Waals surface area contributed by atoms with Crippen LogP contribution >= 0.6 is 0 Å². The van der Waals surface area contributed by atoms with Crippen molar-refractivity contribution in [2.24, 2.45) is 11.5 Å². The van der Waals surface area contributed by atoms with Gasteiger partial charge in [-0.3, -0.25) is 0 Å². The van der Waals surface area contributed by atoms with E-state index in [4.69, 9.17) is 30.6 Å². The maximum Gasteiger partial charge on any atom is 0.356 e. The molecule has 2 aromatic carbocycles. The SMILES string of the molecule is COc1ccc2c(c1)c(CCN)cn2OC(=O)/C=C/C(=O)On1cc(CCN)c2cc(OC)ccc21. The summed E-state index contributed by atoms with van der Waals surface area (Å²) in [6.45, 7) is 0.869. The van der Waals surface area contributed by atoms with Crippen LogP contribution in [0.1, 0.15) is 11.1 Å². The van der Waals surface area contributed by atoms with E-state index in [1.54, 1.807) is 50.9 Å². The maximum absolute atomic E-state index is 12.5. The molecule has 188 valence electrons. The van der Waals surface area contributed by atoms with Crippen molar-refractivity contribution in [2.75, 3.05) is 27.3 Å². The van der Waals surface area contributed by atoms with Crippen LogP contribution in [0.5, 0.6) is 11.5 Å². The number of benzene rings is 2. The fraction of sp³-hybridized carbons (Fsp3) is 0.231. The van der Waals surface area contributed by atoms with Crippen molar-refractivity contribution in [1.82, 2.24) is 9.46 Å². The molecule has 0 aliphatic heterocycles. The monoisotopic (exact) mass is 492 g/mol. The molecule has 10 nitrogen and oxygen atoms in total. The van der Waals surface area contributed by atoms with Gasteiger partial charge in [-0.15, -0.1) is 0 Å². The van der Waals surface area contributed by atoms with Crippen molar-refractivity contribution < 1.29 is 28.7 Å². The maximum atomic E-state index is 12.5. The molecule has 0 aliphatic rings. The first-order valence-corrected chi connectivity index (χ1v) is 11.4. The van der Waals surface area contributed by atoms with Crippen molar-refractivity contribution in [3.05, 3.63) is 72.1 Å². The van der Waals surface area contributed by atoms with Crippen LogP contribution in [0.4, 0.5) is 0 Å². The van der Waals surface area contributed by atoms with Gasteiger partial charge in [0.1, 0.15) is 11.5 Å². The summed E-state index contributed by atoms with van der Waals surface area (Å²) in [4.78, 5) is 35.8. The van der Waals surface area contributed by atoms with Gasteiger partial charge in [0.15, 0.2) is 0 Å². The Morgan fingerprint density at radius 2 is 1.17 bits per heavy atom. The number of aromatic nitrogens is 2. The number of carbonyl (C=O) groups excluding carboxylic acids is 2. The number of fused-ring (bicyclic) bond motifs is 2. The predicted molar refractivity (Wildman–Crippen MR) is 135 cm³/mol. The lowest BCUT2D eigenvalue weighted by molar-refractivity contribution is -0.140. The van der Waals surface area contributed by atoms with Crippen LogP contribution in [-0.4, -0.2) is 48.7 Å². The third-order valence-corrected chi connectivity index (χ3v) is 5.68. The quantitative estimate of drug-likeness (QED) is 0.320. The Kier molecular flexibility index (Phi) is 7.57. The van der Waals surface area contributed by atoms with Crippen LogP contribution in [-0.2, 0) is 22.4 Å². The molecule has 0 spiro atoms. The number of methoxy groups -OCH3 is 2. The van der Waals surface area contributed by atoms with Crippen molar-refractivity contribution in [3.8, 4) is 11.5 Å². The molecule has 4 aromatic rings. The minimum absolute atomic E-state index is 0.434. The van der Waals surface area contributed by atoms with E-state index in [-0.39, 0.29) is 0 Å². The molecule has 36 heavy (non-hydrogen) atoms. The van der Waals surface area contributed by atoms with E-state index in [0.29, 0.717) is 48.5 Å². The van der Waals surface area contributed by atoms with Crippen LogP contribution in [0.25, 0.3) is 21.8 Å². The van der Waals surface area contributed by atoms with E-state index < -0.39 is 11.9 Å². The molecule has 2 heterocycles. The Morgan fingerprint density at radius 1 is 0.750 bits per heavy atom. The van der Waals surface area contributed by atoms with E-state index in [1.807, 2.05) is 12.1 Å². The molecular formula is C26H28N4O6. The van der Waals surface area contributed by atoms with Gasteiger partial charge in [-0.2, -0.15) is 9.46 Å². The molecule has 0 saturated heterocycles. The fourth-order valence-electron chi connectivity index (χ4n) is 4.00. The van der Waals surface area contributed by atoms with Crippen LogP contribution in [0.15, 0.2) is 60.9 Å². The Morgan fingerprint density at radius 3 is 1.53 bits per heavy atom. The number of nitrogens with zero attached hydrogens (tertiary/aromatic N) is 2. The van der Waals surface area contributed by atoms with E-state index in [1.165, 1.54) is 9.46 Å². The first kappa shape index (κ1) is 24.8. The standard InChI is InChI=1S/C26H28N4O6/c1-33-19-3-5-23-21(13-19)17(9-11-27)15-29(23)35-25(31)7-8-26(32)36-30-16-18(10-12-28)22-14-20(34-2)4-6-24(22)30/h3-8,13-16H,9-12,27-28H2,1-2H3/b8-7+. The normalized spacial score (nSPS) is 11.3. The lowest BCUT2D eigenvalue weighted by atomic mass is 10.1. The zero-order valence-corrected chi connectivity index (χ0v) is 20.1. The van der Waals surface area contributed by atoms with Crippen LogP contribution in [0, 0.1) is 0 Å². The third-order valence-electron chi connectivity index (χ3n) is 5.68. The molecule has 0 radical (unpaired) electrons. The van der Waals surface area contributed by atoms with E-state index in [9.17, 15) is 9.59 Å². The average Bonchev–Trinajstić information content (AvgIpc) is 3.40. The first-order valence-electron chi connectivity index (χ1n) is 11.4. The van der Waals surface area contributed by atoms with Crippen molar-refractivity contribution in [1.29, 1.82) is 0 Å². The minimum atomic E-state index is -0.745. The summed E-state index contributed by atoms with van der Waals surface area (Å²) in [6.07, 6.45) is 6.60. The summed E-state index contributed by atoms with van der Waals surface area (Å²) < 4.78 is 13.3. The lowest BCUT2D eigenvalue weighted by Gasteiger charge is -2.05. The summed E-state index contributed by atoms with van der Waals surface area (Å²) in [6, 6.07) is 10.8. The third kappa shape index (κ3) is 5.19. The molecule has 0 aliphatic carbocycles. The molecule has 2 aromatic heterocycles. The van der Waals surface area contributed by atoms with Gasteiger partial charge < -0.3 is 30.6 Å². The average molecular weight is 493 g/mol. The molecule has 0 saturated carbocycles. The highest BCUT2D eigenvalue weighted by molar-refractivity contribution is 5.93. The van der Waals surface area contributed by atoms with Gasteiger partial charge in [0, 0.05) is 35.3 Å². The molecule has 0 bridgehead atoms. The Labute approximate surface area is 207 Å². The fourth-order valence-corrected chi connectivity index (χ4v) is 4.00. The molecular weight excluding hydrogens is 464 g/mol. The van der Waals surface area contributed by atoms with Gasteiger partial charge in [0.25, 0.3) is 0 Å². The van der Waals surface area contributed by atoms with Crippen LogP contribution in [0.3, 0.4) is 0 Å². The summed E-state index contributed by atoms with van der Waals surface area (Å²) >= 11 is 0. The molecule has 4 N–H and O–H groups in total. The Balaban J connectivity index is 1.49. The Hall–Kier alpha value is -4.28. The van der Waals surface area contributed by atoms with Gasteiger partial charge >= 0.3 is 11.9 Å². The second-order valence-corrected chi connectivity index (χ2v) is 7.96. The second kappa shape index (κ2) is 11.0. The zero-order chi connectivity index (χ0) is 25.7. The van der Waals surface area contributed by atoms with Crippen LogP contribution < -0.4 is 30.6 Å². The highest BCUT2D eigenvalue weighted by Crippen LogP contribution is 2.27. The highest BCUT2D eigenvalue weighted by Gasteiger charge is 2.14. The number of ether oxygens (including phenoxy) is 2. The predicted octanol–water partition coefficient (Wildman–Crippen LogP) is 1.78. The van der Waals surface area contributed by atoms with Gasteiger partial charge in [-0.25, -0.2) is 9.59 Å². The topological polar surface area (TPSA) is 133 Å². The van der Waals surface area contributed by atoms with Gasteiger partial charge in [-0.05, 0) is 73.5 Å². The molecule has 10 heteroatoms. The van der Waals surface area contributed by atoms with Crippen LogP contribution in [0.2, 0.25) is 0 Å². The lowest BCUT2D eigenvalue weighted by Crippen LogP contribution is -2.19. The largest absolute Gasteiger partial charge is 0.497 e. The number of carbonyl (C=O) groups is 2. The molecule has 0 atom stereocenters. The summed E-state index contributed by atoms with van der Waals surface area (Å²) in [5.41, 5.74) is 14.6. The van der Waals surface area contributed by atoms with Crippen molar-refractivity contribution in [3.63, 3.8) is 0 Å². The van der Waals surface area contributed by atoms with E-state index in [0.717, 1.165) is 34.1 Å². The van der Waals surface area contributed by atoms with Gasteiger partial charge in [0.05, 0.1) is 25.3 Å². The summed E-state index contributed by atoms with van der Waals surface area (Å²) in [5, 5.41) is 1.72. The molecule has 0 fully saturated rings. The van der Waals surface area contributed by atoms with Crippen molar-refractivity contribution in [2.45, 2.75) is 12.8 Å². The van der Waals surface area contributed by atoms with E-state index in [2.05, 4.69) is 0 Å². The number of nitrogens with two attached hydrogens (primary N) is 2. The summed E-state index contributed by atoms with van der Waals surface area (Å²) in [5.74, 6) is -0.133. The highest BCUT2D eigenvalue weighted by atomic mass is 16.7. The van der Waals surface area contributed by atoms with Gasteiger partial charge in [0.2, 0.25) is 0 Å². The summed E-state index contributed by atoms with van der Waals surface area (Å²) in [7, 11) is 3.16. The zero-order valence-electron chi connectivity index (χ0n) is 20.1. The van der Waals surface area contributed by atoms with E-state index >= 15 is 0 Å². The molecule has 0 amide bonds. The van der Waals surface area contributed by atoms with Gasteiger partial charge in [-0.1, -0.05) is 0 Å².